The van der Waals surface area contributed by atoms with Crippen LogP contribution in [0.25, 0.3) is 0 Å². The number of anilines is 2. The van der Waals surface area contributed by atoms with Crippen LogP contribution in [-0.4, -0.2) is 40.6 Å². The Bertz CT molecular complexity index is 532. The Hall–Kier alpha value is -1.59. The number of hydrogen-bond acceptors (Lipinski definition) is 4. The normalized spacial score (nSPS) is 28.6. The van der Waals surface area contributed by atoms with Crippen LogP contribution >= 0.6 is 0 Å². The van der Waals surface area contributed by atoms with Crippen LogP contribution in [0.3, 0.4) is 0 Å². The molecule has 0 aromatic heterocycles. The number of aliphatic hydroxyl groups excluding tert-OH is 1. The molecule has 4 N–H and O–H groups in total. The first-order chi connectivity index (χ1) is 10.0. The fourth-order valence-corrected chi connectivity index (χ4v) is 3.66. The minimum Gasteiger partial charge on any atom is -0.397 e. The Morgan fingerprint density at radius 2 is 2.05 bits per heavy atom. The van der Waals surface area contributed by atoms with Crippen LogP contribution < -0.4 is 11.1 Å². The van der Waals surface area contributed by atoms with Gasteiger partial charge in [0, 0.05) is 12.1 Å². The van der Waals surface area contributed by atoms with Gasteiger partial charge in [-0.1, -0.05) is 6.07 Å². The van der Waals surface area contributed by atoms with Gasteiger partial charge in [0.2, 0.25) is 5.91 Å². The Kier molecular flexibility index (Phi) is 3.87. The maximum Gasteiger partial charge on any atom is 0.238 e. The number of aryl methyl sites for hydroxylation is 1. The average molecular weight is 289 g/mol. The van der Waals surface area contributed by atoms with Crippen LogP contribution in [0.15, 0.2) is 18.2 Å². The second-order valence-electron chi connectivity index (χ2n) is 6.32. The van der Waals surface area contributed by atoms with Crippen molar-refractivity contribution < 1.29 is 9.90 Å². The number of nitrogens with two attached hydrogens (primary N) is 1. The molecule has 2 heterocycles. The van der Waals surface area contributed by atoms with E-state index in [1.54, 1.807) is 0 Å². The summed E-state index contributed by atoms with van der Waals surface area (Å²) in [6, 6.07) is 6.33. The molecule has 5 heteroatoms. The molecule has 2 saturated heterocycles. The van der Waals surface area contributed by atoms with Crippen LogP contribution in [0.5, 0.6) is 0 Å². The number of nitrogen functional groups attached to an aromatic ring is 1. The number of fused-ring (bicyclic) bond motifs is 2. The second-order valence-corrected chi connectivity index (χ2v) is 6.32. The molecule has 0 radical (unpaired) electrons. The van der Waals surface area contributed by atoms with E-state index in [1.165, 1.54) is 0 Å². The lowest BCUT2D eigenvalue weighted by Crippen LogP contribution is -2.47. The third-order valence-corrected chi connectivity index (χ3v) is 4.67. The van der Waals surface area contributed by atoms with Gasteiger partial charge < -0.3 is 16.2 Å². The number of carbonyl (C=O) groups excluding carboxylic acids is 1. The number of aliphatic hydroxyl groups is 1. The lowest BCUT2D eigenvalue weighted by molar-refractivity contribution is -0.119. The van der Waals surface area contributed by atoms with Crippen molar-refractivity contribution in [2.45, 2.75) is 50.8 Å². The number of benzene rings is 1. The average Bonchev–Trinajstić information content (AvgIpc) is 2.66. The highest BCUT2D eigenvalue weighted by molar-refractivity contribution is 5.95. The molecule has 2 aliphatic rings. The molecule has 1 aromatic carbocycles. The molecule has 0 aliphatic carbocycles. The van der Waals surface area contributed by atoms with Gasteiger partial charge in [-0.2, -0.15) is 0 Å². The molecular formula is C16H23N3O2. The quantitative estimate of drug-likeness (QED) is 0.737. The van der Waals surface area contributed by atoms with Crippen molar-refractivity contribution in [2.24, 2.45) is 0 Å². The molecule has 0 saturated carbocycles. The fraction of sp³-hybridized carbons (Fsp3) is 0.562. The van der Waals surface area contributed by atoms with E-state index in [-0.39, 0.29) is 12.0 Å². The summed E-state index contributed by atoms with van der Waals surface area (Å²) >= 11 is 0. The van der Waals surface area contributed by atoms with Gasteiger partial charge in [0.1, 0.15) is 0 Å². The molecule has 2 fully saturated rings. The van der Waals surface area contributed by atoms with E-state index in [2.05, 4.69) is 10.2 Å². The van der Waals surface area contributed by atoms with Gasteiger partial charge in [-0.3, -0.25) is 9.69 Å². The second kappa shape index (κ2) is 5.66. The molecule has 0 spiro atoms. The molecule has 3 rings (SSSR count). The van der Waals surface area contributed by atoms with Crippen LogP contribution in [-0.2, 0) is 4.79 Å². The molecule has 5 nitrogen and oxygen atoms in total. The zero-order valence-electron chi connectivity index (χ0n) is 12.4. The number of rotatable bonds is 3. The highest BCUT2D eigenvalue weighted by atomic mass is 16.3. The number of hydrogen-bond donors (Lipinski definition) is 3. The standard InChI is InChI=1S/C16H23N3O2/c1-10-2-5-15(14(17)6-10)18-16(21)9-19-11-3-4-12(19)8-13(20)7-11/h2,5-6,11-13,20H,3-4,7-9,17H2,1H3,(H,18,21). The van der Waals surface area contributed by atoms with Gasteiger partial charge in [0.25, 0.3) is 0 Å². The molecule has 2 unspecified atom stereocenters. The van der Waals surface area contributed by atoms with E-state index in [0.717, 1.165) is 31.2 Å². The van der Waals surface area contributed by atoms with Crippen molar-refractivity contribution in [3.8, 4) is 0 Å². The van der Waals surface area contributed by atoms with Crippen LogP contribution in [0.1, 0.15) is 31.2 Å². The topological polar surface area (TPSA) is 78.6 Å². The van der Waals surface area contributed by atoms with Crippen molar-refractivity contribution in [3.63, 3.8) is 0 Å². The van der Waals surface area contributed by atoms with Crippen LogP contribution in [0.2, 0.25) is 0 Å². The Morgan fingerprint density at radius 1 is 1.38 bits per heavy atom. The largest absolute Gasteiger partial charge is 0.397 e. The van der Waals surface area contributed by atoms with E-state index >= 15 is 0 Å². The van der Waals surface area contributed by atoms with Crippen molar-refractivity contribution in [2.75, 3.05) is 17.6 Å². The Balaban J connectivity index is 1.62. The molecule has 114 valence electrons. The van der Waals surface area contributed by atoms with Crippen molar-refractivity contribution >= 4 is 17.3 Å². The zero-order chi connectivity index (χ0) is 15.0. The monoisotopic (exact) mass is 289 g/mol. The maximum atomic E-state index is 12.2. The molecular weight excluding hydrogens is 266 g/mol. The number of amides is 1. The summed E-state index contributed by atoms with van der Waals surface area (Å²) < 4.78 is 0. The van der Waals surface area contributed by atoms with E-state index in [0.29, 0.717) is 30.0 Å². The molecule has 21 heavy (non-hydrogen) atoms. The summed E-state index contributed by atoms with van der Waals surface area (Å²) in [5.41, 5.74) is 8.28. The minimum absolute atomic E-state index is 0.0288. The van der Waals surface area contributed by atoms with Gasteiger partial charge in [-0.25, -0.2) is 0 Å². The van der Waals surface area contributed by atoms with Crippen LogP contribution in [0.4, 0.5) is 11.4 Å². The third kappa shape index (κ3) is 3.04. The predicted octanol–water partition coefficient (Wildman–Crippen LogP) is 1.50. The van der Waals surface area contributed by atoms with Gasteiger partial charge in [0.15, 0.2) is 0 Å². The fourth-order valence-electron chi connectivity index (χ4n) is 3.66. The first kappa shape index (κ1) is 14.4. The smallest absolute Gasteiger partial charge is 0.238 e. The summed E-state index contributed by atoms with van der Waals surface area (Å²) in [7, 11) is 0. The highest BCUT2D eigenvalue weighted by Crippen LogP contribution is 2.35. The number of carbonyl (C=O) groups is 1. The first-order valence-electron chi connectivity index (χ1n) is 7.62. The van der Waals surface area contributed by atoms with Crippen LogP contribution in [0, 0.1) is 6.92 Å². The van der Waals surface area contributed by atoms with Crippen molar-refractivity contribution in [3.05, 3.63) is 23.8 Å². The molecule has 2 aliphatic heterocycles. The van der Waals surface area contributed by atoms with E-state index in [9.17, 15) is 9.90 Å². The predicted molar refractivity (Wildman–Crippen MR) is 83.0 cm³/mol. The lowest BCUT2D eigenvalue weighted by atomic mass is 10.00. The summed E-state index contributed by atoms with van der Waals surface area (Å²) in [5.74, 6) is -0.0288. The summed E-state index contributed by atoms with van der Waals surface area (Å²) in [6.45, 7) is 2.36. The van der Waals surface area contributed by atoms with Gasteiger partial charge >= 0.3 is 0 Å². The third-order valence-electron chi connectivity index (χ3n) is 4.67. The van der Waals surface area contributed by atoms with Gasteiger partial charge in [-0.05, 0) is 50.3 Å². The van der Waals surface area contributed by atoms with Gasteiger partial charge in [0.05, 0.1) is 24.0 Å². The number of nitrogens with one attached hydrogen (secondary N) is 1. The summed E-state index contributed by atoms with van der Waals surface area (Å²) in [6.07, 6.45) is 3.55. The van der Waals surface area contributed by atoms with Crippen molar-refractivity contribution in [1.29, 1.82) is 0 Å². The maximum absolute atomic E-state index is 12.2. The minimum atomic E-state index is -0.199. The molecule has 1 amide bonds. The first-order valence-corrected chi connectivity index (χ1v) is 7.62. The lowest BCUT2D eigenvalue weighted by Gasteiger charge is -2.36. The SMILES string of the molecule is Cc1ccc(NC(=O)CN2C3CCC2CC(O)C3)c(N)c1. The van der Waals surface area contributed by atoms with E-state index in [1.807, 2.05) is 25.1 Å². The Labute approximate surface area is 125 Å². The molecule has 1 aromatic rings. The van der Waals surface area contributed by atoms with E-state index in [4.69, 9.17) is 5.73 Å². The molecule has 2 bridgehead atoms. The van der Waals surface area contributed by atoms with Gasteiger partial charge in [-0.15, -0.1) is 0 Å². The summed E-state index contributed by atoms with van der Waals surface area (Å²) in [5, 5.41) is 12.7. The summed E-state index contributed by atoms with van der Waals surface area (Å²) in [4.78, 5) is 14.5. The number of nitrogens with zero attached hydrogens (tertiary/aromatic N) is 1. The van der Waals surface area contributed by atoms with Crippen molar-refractivity contribution in [1.82, 2.24) is 4.90 Å². The van der Waals surface area contributed by atoms with E-state index < -0.39 is 0 Å². The Morgan fingerprint density at radius 3 is 2.67 bits per heavy atom. The zero-order valence-corrected chi connectivity index (χ0v) is 12.4. The highest BCUT2D eigenvalue weighted by Gasteiger charge is 2.40. The molecule has 2 atom stereocenters. The number of piperidine rings is 1.